The molecule has 2 fully saturated rings. The predicted molar refractivity (Wildman–Crippen MR) is 120 cm³/mol. The molecule has 0 spiro atoms. The molecule has 9 heteroatoms. The molecule has 2 aromatic rings. The minimum absolute atomic E-state index is 0.200. The average molecular weight is 459 g/mol. The zero-order chi connectivity index (χ0) is 23.5. The van der Waals surface area contributed by atoms with Gasteiger partial charge in [-0.1, -0.05) is 6.07 Å². The minimum atomic E-state index is -2.71. The number of fused-ring (bicyclic) bond motifs is 1. The van der Waals surface area contributed by atoms with Crippen LogP contribution in [-0.2, 0) is 4.79 Å². The number of hydrogen-bond donors (Lipinski definition) is 1. The van der Waals surface area contributed by atoms with Gasteiger partial charge in [0.1, 0.15) is 0 Å². The Labute approximate surface area is 191 Å². The van der Waals surface area contributed by atoms with Gasteiger partial charge in [-0.2, -0.15) is 5.10 Å². The topological polar surface area (TPSA) is 78.7 Å². The number of carbonyl (C=O) groups is 2. The number of aromatic nitrogens is 2. The van der Waals surface area contributed by atoms with Gasteiger partial charge < -0.3 is 10.0 Å². The average Bonchev–Trinajstić information content (AvgIpc) is 3.49. The lowest BCUT2D eigenvalue weighted by Gasteiger charge is -2.49. The van der Waals surface area contributed by atoms with E-state index in [4.69, 9.17) is 0 Å². The largest absolute Gasteiger partial charge is 0.465 e. The fourth-order valence-electron chi connectivity index (χ4n) is 5.57. The summed E-state index contributed by atoms with van der Waals surface area (Å²) in [5.41, 5.74) is 2.61. The van der Waals surface area contributed by atoms with Crippen molar-refractivity contribution >= 4 is 23.4 Å². The summed E-state index contributed by atoms with van der Waals surface area (Å²) in [6, 6.07) is 4.79. The Bertz CT molecular complexity index is 1090. The van der Waals surface area contributed by atoms with Crippen molar-refractivity contribution in [2.75, 3.05) is 9.80 Å². The van der Waals surface area contributed by atoms with Crippen LogP contribution in [0.15, 0.2) is 30.6 Å². The number of amides is 2. The van der Waals surface area contributed by atoms with E-state index in [1.165, 1.54) is 11.8 Å². The number of rotatable bonds is 3. The summed E-state index contributed by atoms with van der Waals surface area (Å²) in [7, 11) is 0. The van der Waals surface area contributed by atoms with Gasteiger partial charge in [0, 0.05) is 31.5 Å². The van der Waals surface area contributed by atoms with Gasteiger partial charge >= 0.3 is 6.09 Å². The third kappa shape index (κ3) is 3.87. The van der Waals surface area contributed by atoms with Crippen LogP contribution >= 0.6 is 0 Å². The molecule has 2 aliphatic carbocycles. The summed E-state index contributed by atoms with van der Waals surface area (Å²) >= 11 is 0. The summed E-state index contributed by atoms with van der Waals surface area (Å²) in [6.45, 7) is 3.27. The Morgan fingerprint density at radius 2 is 1.76 bits per heavy atom. The monoisotopic (exact) mass is 458 g/mol. The van der Waals surface area contributed by atoms with Gasteiger partial charge in [-0.3, -0.25) is 14.4 Å². The van der Waals surface area contributed by atoms with Gasteiger partial charge in [0.25, 0.3) is 0 Å². The molecule has 0 saturated heterocycles. The van der Waals surface area contributed by atoms with Crippen LogP contribution in [0.5, 0.6) is 0 Å². The normalized spacial score (nSPS) is 25.1. The molecule has 2 saturated carbocycles. The highest BCUT2D eigenvalue weighted by atomic mass is 19.3. The predicted octanol–water partition coefficient (Wildman–Crippen LogP) is 5.32. The Hall–Kier alpha value is -2.97. The first-order chi connectivity index (χ1) is 15.7. The van der Waals surface area contributed by atoms with E-state index in [1.807, 2.05) is 23.9 Å². The van der Waals surface area contributed by atoms with Crippen LogP contribution in [0.2, 0.25) is 0 Å². The van der Waals surface area contributed by atoms with Gasteiger partial charge in [0.05, 0.1) is 35.7 Å². The number of hydrogen-bond acceptors (Lipinski definition) is 3. The van der Waals surface area contributed by atoms with Crippen molar-refractivity contribution in [3.63, 3.8) is 0 Å². The van der Waals surface area contributed by atoms with Crippen molar-refractivity contribution in [1.82, 2.24) is 9.78 Å². The number of carbonyl (C=O) groups excluding carboxylic acids is 1. The highest BCUT2D eigenvalue weighted by Gasteiger charge is 2.48. The lowest BCUT2D eigenvalue weighted by atomic mass is 9.77. The standard InChI is InChI=1S/C24H28F2N4O3/c1-14-22(16-7-9-24(25,26)10-8-16)30(23(32)33)21-11-17(3-6-20(21)29(14)15(2)31)18-12-27-28(13-18)19-4-5-19/h3,6,11-14,16,19,22H,4-5,7-10H2,1-2H3,(H,32,33)/t14-,22?/m0/s1. The van der Waals surface area contributed by atoms with Gasteiger partial charge in [-0.05, 0) is 56.2 Å². The van der Waals surface area contributed by atoms with Crippen LogP contribution < -0.4 is 9.80 Å². The van der Waals surface area contributed by atoms with E-state index in [-0.39, 0.29) is 37.5 Å². The zero-order valence-electron chi connectivity index (χ0n) is 18.7. The second-order valence-corrected chi connectivity index (χ2v) is 9.61. The van der Waals surface area contributed by atoms with Gasteiger partial charge in [-0.25, -0.2) is 13.6 Å². The van der Waals surface area contributed by atoms with E-state index in [0.29, 0.717) is 17.4 Å². The van der Waals surface area contributed by atoms with Crippen molar-refractivity contribution in [2.24, 2.45) is 5.92 Å². The summed E-state index contributed by atoms with van der Waals surface area (Å²) in [5, 5.41) is 14.7. The smallest absolute Gasteiger partial charge is 0.412 e. The van der Waals surface area contributed by atoms with Crippen molar-refractivity contribution in [3.8, 4) is 11.1 Å². The molecule has 176 valence electrons. The molecule has 3 aliphatic rings. The van der Waals surface area contributed by atoms with Crippen LogP contribution in [-0.4, -0.2) is 44.9 Å². The van der Waals surface area contributed by atoms with Crippen LogP contribution in [0.25, 0.3) is 11.1 Å². The molecule has 5 rings (SSSR count). The molecule has 7 nitrogen and oxygen atoms in total. The van der Waals surface area contributed by atoms with Gasteiger partial charge in [0.2, 0.25) is 11.8 Å². The molecule has 2 heterocycles. The van der Waals surface area contributed by atoms with Crippen molar-refractivity contribution in [1.29, 1.82) is 0 Å². The molecule has 1 N–H and O–H groups in total. The maximum Gasteiger partial charge on any atom is 0.412 e. The van der Waals surface area contributed by atoms with Crippen LogP contribution in [0.3, 0.4) is 0 Å². The quantitative estimate of drug-likeness (QED) is 0.675. The Kier molecular flexibility index (Phi) is 5.17. The molecule has 33 heavy (non-hydrogen) atoms. The molecule has 1 unspecified atom stereocenters. The summed E-state index contributed by atoms with van der Waals surface area (Å²) in [5.74, 6) is -3.17. The maximum atomic E-state index is 13.8. The lowest BCUT2D eigenvalue weighted by Crippen LogP contribution is -2.61. The number of nitrogens with zero attached hydrogens (tertiary/aromatic N) is 4. The summed E-state index contributed by atoms with van der Waals surface area (Å²) < 4.78 is 29.6. The van der Waals surface area contributed by atoms with E-state index < -0.39 is 24.1 Å². The Balaban J connectivity index is 1.57. The van der Waals surface area contributed by atoms with E-state index >= 15 is 0 Å². The fraction of sp³-hybridized carbons (Fsp3) is 0.542. The van der Waals surface area contributed by atoms with E-state index in [2.05, 4.69) is 5.10 Å². The van der Waals surface area contributed by atoms with Crippen molar-refractivity contribution in [2.45, 2.75) is 76.4 Å². The second kappa shape index (κ2) is 7.81. The third-order valence-corrected chi connectivity index (χ3v) is 7.34. The molecular weight excluding hydrogens is 430 g/mol. The number of halogens is 2. The zero-order valence-corrected chi connectivity index (χ0v) is 18.7. The number of carboxylic acid groups (broad SMARTS) is 1. The van der Waals surface area contributed by atoms with E-state index in [9.17, 15) is 23.5 Å². The molecule has 2 atom stereocenters. The SMILES string of the molecule is CC(=O)N1c2ccc(-c3cnn(C4CC4)c3)cc2N(C(=O)O)C(C2CCC(F)(F)CC2)[C@@H]1C. The highest BCUT2D eigenvalue weighted by molar-refractivity contribution is 6.03. The molecule has 0 bridgehead atoms. The van der Waals surface area contributed by atoms with Crippen molar-refractivity contribution in [3.05, 3.63) is 30.6 Å². The van der Waals surface area contributed by atoms with E-state index in [0.717, 1.165) is 24.0 Å². The summed E-state index contributed by atoms with van der Waals surface area (Å²) in [4.78, 5) is 28.1. The summed E-state index contributed by atoms with van der Waals surface area (Å²) in [6.07, 6.45) is 4.71. The number of benzene rings is 1. The van der Waals surface area contributed by atoms with Crippen LogP contribution in [0.4, 0.5) is 25.0 Å². The number of anilines is 2. The third-order valence-electron chi connectivity index (χ3n) is 7.34. The van der Waals surface area contributed by atoms with Crippen molar-refractivity contribution < 1.29 is 23.5 Å². The first kappa shape index (κ1) is 21.9. The Morgan fingerprint density at radius 3 is 2.36 bits per heavy atom. The Morgan fingerprint density at radius 1 is 1.06 bits per heavy atom. The molecule has 1 aromatic carbocycles. The second-order valence-electron chi connectivity index (χ2n) is 9.61. The van der Waals surface area contributed by atoms with Gasteiger partial charge in [0.15, 0.2) is 0 Å². The molecule has 2 amide bonds. The number of alkyl halides is 2. The lowest BCUT2D eigenvalue weighted by molar-refractivity contribution is -0.117. The van der Waals surface area contributed by atoms with Gasteiger partial charge in [-0.15, -0.1) is 0 Å². The molecular formula is C24H28F2N4O3. The minimum Gasteiger partial charge on any atom is -0.465 e. The highest BCUT2D eigenvalue weighted by Crippen LogP contribution is 2.47. The fourth-order valence-corrected chi connectivity index (χ4v) is 5.57. The molecule has 0 radical (unpaired) electrons. The maximum absolute atomic E-state index is 13.8. The van der Waals surface area contributed by atoms with E-state index in [1.54, 1.807) is 23.2 Å². The first-order valence-electron chi connectivity index (χ1n) is 11.5. The molecule has 1 aromatic heterocycles. The van der Waals surface area contributed by atoms with Crippen LogP contribution in [0.1, 0.15) is 58.4 Å². The molecule has 1 aliphatic heterocycles. The first-order valence-corrected chi connectivity index (χ1v) is 11.5. The van der Waals surface area contributed by atoms with Crippen LogP contribution in [0, 0.1) is 5.92 Å².